The predicted octanol–water partition coefficient (Wildman–Crippen LogP) is 2.93. The van der Waals surface area contributed by atoms with Crippen LogP contribution in [-0.2, 0) is 10.0 Å². The fourth-order valence-electron chi connectivity index (χ4n) is 3.01. The van der Waals surface area contributed by atoms with E-state index in [1.165, 1.54) is 18.2 Å². The molecule has 0 aliphatic carbocycles. The lowest BCUT2D eigenvalue weighted by Crippen LogP contribution is -2.41. The summed E-state index contributed by atoms with van der Waals surface area (Å²) in [5.41, 5.74) is 3.06. The monoisotopic (exact) mass is 463 g/mol. The molecule has 1 heterocycles. The van der Waals surface area contributed by atoms with Crippen LogP contribution in [0.4, 0.5) is 10.1 Å². The summed E-state index contributed by atoms with van der Waals surface area (Å²) >= 11 is 3.06. The number of anilines is 1. The molecule has 2 amide bonds. The summed E-state index contributed by atoms with van der Waals surface area (Å²) in [5, 5.41) is 3.52. The molecule has 10 heteroatoms. The van der Waals surface area contributed by atoms with E-state index in [-0.39, 0.29) is 20.8 Å². The van der Waals surface area contributed by atoms with E-state index >= 15 is 0 Å². The quantitative estimate of drug-likeness (QED) is 0.517. The zero-order chi connectivity index (χ0) is 20.1. The Morgan fingerprint density at radius 3 is 2.64 bits per heavy atom. The van der Waals surface area contributed by atoms with Crippen LogP contribution in [0.2, 0.25) is 0 Å². The third kappa shape index (κ3) is 3.05. The molecular weight excluding hydrogens is 453 g/mol. The molecule has 0 atom stereocenters. The maximum atomic E-state index is 13.2. The number of benzene rings is 3. The average Bonchev–Trinajstić information content (AvgIpc) is 2.98. The fourth-order valence-corrected chi connectivity index (χ4v) is 4.58. The molecule has 0 unspecified atom stereocenters. The Labute approximate surface area is 167 Å². The number of sulfonamides is 1. The highest BCUT2D eigenvalue weighted by Crippen LogP contribution is 2.36. The van der Waals surface area contributed by atoms with Crippen LogP contribution in [0.5, 0.6) is 0 Å². The molecule has 3 aromatic rings. The minimum absolute atomic E-state index is 0.0549. The number of hydrogen-bond acceptors (Lipinski definition) is 4. The summed E-state index contributed by atoms with van der Waals surface area (Å²) in [6.07, 6.45) is 0. The second-order valence-electron chi connectivity index (χ2n) is 5.98. The highest BCUT2D eigenvalue weighted by atomic mass is 79.9. The molecule has 0 fully saturated rings. The number of nitrogens with one attached hydrogen (secondary N) is 3. The van der Waals surface area contributed by atoms with E-state index in [0.717, 1.165) is 12.1 Å². The van der Waals surface area contributed by atoms with Crippen LogP contribution < -0.4 is 15.6 Å². The van der Waals surface area contributed by atoms with Crippen molar-refractivity contribution in [2.45, 2.75) is 4.90 Å². The van der Waals surface area contributed by atoms with E-state index in [1.54, 1.807) is 18.2 Å². The first-order valence-corrected chi connectivity index (χ1v) is 10.2. The number of rotatable bonds is 4. The summed E-state index contributed by atoms with van der Waals surface area (Å²) in [7, 11) is -4.14. The lowest BCUT2D eigenvalue weighted by molar-refractivity contribution is 0.0943. The lowest BCUT2D eigenvalue weighted by Gasteiger charge is -2.12. The molecular formula is C18H11BrFN3O4S. The summed E-state index contributed by atoms with van der Waals surface area (Å²) in [6.45, 7) is 0. The molecule has 4 rings (SSSR count). The molecule has 0 spiro atoms. The van der Waals surface area contributed by atoms with Gasteiger partial charge in [-0.1, -0.05) is 12.1 Å². The second kappa shape index (κ2) is 6.66. The van der Waals surface area contributed by atoms with E-state index in [1.807, 2.05) is 4.83 Å². The van der Waals surface area contributed by atoms with Gasteiger partial charge in [-0.3, -0.25) is 15.0 Å². The normalized spacial score (nSPS) is 12.9. The fraction of sp³-hybridized carbons (Fsp3) is 0. The Bertz CT molecular complexity index is 1280. The number of hydrogen-bond donors (Lipinski definition) is 3. The zero-order valence-corrected chi connectivity index (χ0v) is 16.3. The van der Waals surface area contributed by atoms with Crippen molar-refractivity contribution in [3.05, 3.63) is 69.9 Å². The van der Waals surface area contributed by atoms with Crippen molar-refractivity contribution in [2.24, 2.45) is 0 Å². The number of carbonyl (C=O) groups is 2. The molecule has 142 valence electrons. The maximum Gasteiger partial charge on any atom is 0.267 e. The van der Waals surface area contributed by atoms with Crippen molar-refractivity contribution in [3.63, 3.8) is 0 Å². The van der Waals surface area contributed by atoms with Crippen LogP contribution in [0, 0.1) is 5.82 Å². The molecule has 0 saturated carbocycles. The van der Waals surface area contributed by atoms with Gasteiger partial charge in [0.05, 0.1) is 10.5 Å². The molecule has 3 aromatic carbocycles. The van der Waals surface area contributed by atoms with E-state index in [2.05, 4.69) is 26.7 Å². The Hall–Kier alpha value is -2.82. The summed E-state index contributed by atoms with van der Waals surface area (Å²) in [4.78, 5) is 26.1. The van der Waals surface area contributed by atoms with Gasteiger partial charge in [-0.25, -0.2) is 12.8 Å². The van der Waals surface area contributed by atoms with Crippen LogP contribution in [0.25, 0.3) is 10.8 Å². The summed E-state index contributed by atoms with van der Waals surface area (Å²) in [6, 6.07) is 11.0. The number of halogens is 2. The largest absolute Gasteiger partial charge is 0.321 e. The maximum absolute atomic E-state index is 13.2. The van der Waals surface area contributed by atoms with Gasteiger partial charge in [0.25, 0.3) is 21.8 Å². The second-order valence-corrected chi connectivity index (χ2v) is 8.48. The first kappa shape index (κ1) is 18.5. The van der Waals surface area contributed by atoms with Crippen LogP contribution in [0.3, 0.4) is 0 Å². The molecule has 3 N–H and O–H groups in total. The summed E-state index contributed by atoms with van der Waals surface area (Å²) in [5.74, 6) is -1.61. The smallest absolute Gasteiger partial charge is 0.267 e. The van der Waals surface area contributed by atoms with Gasteiger partial charge in [0.1, 0.15) is 5.82 Å². The van der Waals surface area contributed by atoms with Gasteiger partial charge in [-0.15, -0.1) is 4.83 Å². The van der Waals surface area contributed by atoms with Gasteiger partial charge in [-0.2, -0.15) is 0 Å². The van der Waals surface area contributed by atoms with Crippen LogP contribution in [0.15, 0.2) is 57.9 Å². The minimum Gasteiger partial charge on any atom is -0.321 e. The highest BCUT2D eigenvalue weighted by molar-refractivity contribution is 9.10. The molecule has 1 aliphatic heterocycles. The van der Waals surface area contributed by atoms with Crippen molar-refractivity contribution in [1.82, 2.24) is 10.3 Å². The van der Waals surface area contributed by atoms with Crippen molar-refractivity contribution < 1.29 is 22.4 Å². The van der Waals surface area contributed by atoms with Gasteiger partial charge in [0, 0.05) is 26.5 Å². The standard InChI is InChI=1S/C18H11BrFN3O4S/c19-13-8-9(20)4-5-10(13)18(25)22-23-28(26,27)15-7-6-14-16-11(15)2-1-3-12(16)17(24)21-14/h1-8,23H,(H,21,24)(H,22,25). The third-order valence-electron chi connectivity index (χ3n) is 4.26. The SMILES string of the molecule is O=C(NNS(=O)(=O)c1ccc2c3c(cccc13)C(=O)N2)c1ccc(F)cc1Br. The van der Waals surface area contributed by atoms with Gasteiger partial charge >= 0.3 is 0 Å². The molecule has 1 aliphatic rings. The number of amides is 2. The average molecular weight is 464 g/mol. The number of carbonyl (C=O) groups excluding carboxylic acids is 2. The Morgan fingerprint density at radius 1 is 1.11 bits per heavy atom. The third-order valence-corrected chi connectivity index (χ3v) is 6.22. The van der Waals surface area contributed by atoms with Crippen LogP contribution in [0.1, 0.15) is 20.7 Å². The van der Waals surface area contributed by atoms with Crippen molar-refractivity contribution >= 4 is 54.2 Å². The van der Waals surface area contributed by atoms with E-state index in [9.17, 15) is 22.4 Å². The van der Waals surface area contributed by atoms with E-state index in [4.69, 9.17) is 0 Å². The van der Waals surface area contributed by atoms with E-state index < -0.39 is 21.7 Å². The topological polar surface area (TPSA) is 104 Å². The molecule has 28 heavy (non-hydrogen) atoms. The number of hydrazine groups is 1. The van der Waals surface area contributed by atoms with Crippen molar-refractivity contribution in [2.75, 3.05) is 5.32 Å². The molecule has 0 saturated heterocycles. The van der Waals surface area contributed by atoms with Gasteiger partial charge in [0.2, 0.25) is 0 Å². The molecule has 0 radical (unpaired) electrons. The van der Waals surface area contributed by atoms with E-state index in [0.29, 0.717) is 22.0 Å². The molecule has 0 aromatic heterocycles. The van der Waals surface area contributed by atoms with Crippen molar-refractivity contribution in [3.8, 4) is 0 Å². The van der Waals surface area contributed by atoms with Crippen LogP contribution >= 0.6 is 15.9 Å². The Kier molecular flexibility index (Phi) is 4.41. The summed E-state index contributed by atoms with van der Waals surface area (Å²) < 4.78 is 38.8. The molecule has 0 bridgehead atoms. The minimum atomic E-state index is -4.14. The lowest BCUT2D eigenvalue weighted by atomic mass is 10.1. The van der Waals surface area contributed by atoms with Gasteiger partial charge < -0.3 is 5.32 Å². The Morgan fingerprint density at radius 2 is 1.89 bits per heavy atom. The first-order valence-electron chi connectivity index (χ1n) is 7.92. The van der Waals surface area contributed by atoms with Crippen molar-refractivity contribution in [1.29, 1.82) is 0 Å². The Balaban J connectivity index is 1.66. The van der Waals surface area contributed by atoms with Gasteiger partial charge in [0.15, 0.2) is 0 Å². The van der Waals surface area contributed by atoms with Crippen LogP contribution in [-0.4, -0.2) is 20.2 Å². The zero-order valence-electron chi connectivity index (χ0n) is 13.9. The highest BCUT2D eigenvalue weighted by Gasteiger charge is 2.26. The predicted molar refractivity (Wildman–Crippen MR) is 104 cm³/mol. The molecule has 7 nitrogen and oxygen atoms in total. The first-order chi connectivity index (χ1) is 13.3. The van der Waals surface area contributed by atoms with Gasteiger partial charge in [-0.05, 0) is 52.3 Å².